The van der Waals surface area contributed by atoms with E-state index in [2.05, 4.69) is 22.6 Å². The van der Waals surface area contributed by atoms with E-state index in [4.69, 9.17) is 0 Å². The monoisotopic (exact) mass is 279 g/mol. The van der Waals surface area contributed by atoms with Gasteiger partial charge in [-0.15, -0.1) is 0 Å². The number of carbonyl (C=O) groups is 1. The molecule has 0 saturated heterocycles. The van der Waals surface area contributed by atoms with Crippen molar-refractivity contribution < 1.29 is 4.79 Å². The summed E-state index contributed by atoms with van der Waals surface area (Å²) in [6, 6.07) is 0.442. The fourth-order valence-electron chi connectivity index (χ4n) is 1.41. The van der Waals surface area contributed by atoms with Crippen molar-refractivity contribution in [2.45, 2.75) is 25.3 Å². The van der Waals surface area contributed by atoms with Gasteiger partial charge in [-0.05, 0) is 29.8 Å². The smallest absolute Gasteiger partial charge is 0.246 e. The van der Waals surface area contributed by atoms with Crippen LogP contribution in [0.3, 0.4) is 0 Å². The SMILES string of the molecule is CN1C(=O)C=CCC1CCCI. The molecule has 0 aliphatic carbocycles. The zero-order chi connectivity index (χ0) is 8.97. The molecule has 0 spiro atoms. The van der Waals surface area contributed by atoms with Gasteiger partial charge in [0.15, 0.2) is 0 Å². The van der Waals surface area contributed by atoms with Gasteiger partial charge < -0.3 is 4.90 Å². The number of nitrogens with zero attached hydrogens (tertiary/aromatic N) is 1. The Labute approximate surface area is 87.1 Å². The number of amides is 1. The van der Waals surface area contributed by atoms with E-state index < -0.39 is 0 Å². The molecular weight excluding hydrogens is 265 g/mol. The molecule has 0 aromatic rings. The van der Waals surface area contributed by atoms with E-state index in [9.17, 15) is 4.79 Å². The molecule has 12 heavy (non-hydrogen) atoms. The minimum Gasteiger partial charge on any atom is -0.339 e. The lowest BCUT2D eigenvalue weighted by Crippen LogP contribution is -2.38. The Balaban J connectivity index is 2.44. The van der Waals surface area contributed by atoms with Gasteiger partial charge in [0, 0.05) is 13.1 Å². The van der Waals surface area contributed by atoms with Crippen molar-refractivity contribution in [2.75, 3.05) is 11.5 Å². The molecule has 1 aliphatic rings. The van der Waals surface area contributed by atoms with Gasteiger partial charge in [-0.3, -0.25) is 4.79 Å². The summed E-state index contributed by atoms with van der Waals surface area (Å²) in [5, 5.41) is 0. The van der Waals surface area contributed by atoms with Crippen molar-refractivity contribution in [2.24, 2.45) is 0 Å². The number of alkyl halides is 1. The first-order valence-electron chi connectivity index (χ1n) is 4.25. The van der Waals surface area contributed by atoms with Crippen molar-refractivity contribution >= 4 is 28.5 Å². The van der Waals surface area contributed by atoms with Crippen molar-refractivity contribution in [1.82, 2.24) is 4.90 Å². The van der Waals surface area contributed by atoms with Crippen LogP contribution in [0.25, 0.3) is 0 Å². The van der Waals surface area contributed by atoms with E-state index >= 15 is 0 Å². The Morgan fingerprint density at radius 2 is 2.50 bits per heavy atom. The zero-order valence-electron chi connectivity index (χ0n) is 7.29. The van der Waals surface area contributed by atoms with Gasteiger partial charge in [0.05, 0.1) is 0 Å². The topological polar surface area (TPSA) is 20.3 Å². The van der Waals surface area contributed by atoms with Crippen LogP contribution in [0, 0.1) is 0 Å². The molecule has 1 aliphatic heterocycles. The molecule has 0 radical (unpaired) electrons. The van der Waals surface area contributed by atoms with Crippen molar-refractivity contribution in [1.29, 1.82) is 0 Å². The largest absolute Gasteiger partial charge is 0.339 e. The van der Waals surface area contributed by atoms with Crippen molar-refractivity contribution in [3.05, 3.63) is 12.2 Å². The average Bonchev–Trinajstić information content (AvgIpc) is 2.08. The summed E-state index contributed by atoms with van der Waals surface area (Å²) in [6.45, 7) is 0. The molecule has 1 heterocycles. The second kappa shape index (κ2) is 4.84. The van der Waals surface area contributed by atoms with Crippen LogP contribution in [-0.2, 0) is 4.79 Å². The van der Waals surface area contributed by atoms with Crippen LogP contribution < -0.4 is 0 Å². The van der Waals surface area contributed by atoms with Crippen molar-refractivity contribution in [3.63, 3.8) is 0 Å². The molecule has 0 bridgehead atoms. The predicted octanol–water partition coefficient (Wildman–Crippen LogP) is 1.99. The summed E-state index contributed by atoms with van der Waals surface area (Å²) >= 11 is 2.37. The predicted molar refractivity (Wildman–Crippen MR) is 58.4 cm³/mol. The van der Waals surface area contributed by atoms with Gasteiger partial charge in [0.2, 0.25) is 5.91 Å². The summed E-state index contributed by atoms with van der Waals surface area (Å²) < 4.78 is 1.18. The summed E-state index contributed by atoms with van der Waals surface area (Å²) in [7, 11) is 1.89. The maximum absolute atomic E-state index is 11.2. The first-order valence-corrected chi connectivity index (χ1v) is 5.77. The fraction of sp³-hybridized carbons (Fsp3) is 0.667. The first-order chi connectivity index (χ1) is 5.75. The molecule has 1 unspecified atom stereocenters. The quantitative estimate of drug-likeness (QED) is 0.571. The Morgan fingerprint density at radius 1 is 1.75 bits per heavy atom. The van der Waals surface area contributed by atoms with Crippen LogP contribution in [0.1, 0.15) is 19.3 Å². The maximum atomic E-state index is 11.2. The highest BCUT2D eigenvalue weighted by atomic mass is 127. The average molecular weight is 279 g/mol. The van der Waals surface area contributed by atoms with Crippen LogP contribution in [0.15, 0.2) is 12.2 Å². The van der Waals surface area contributed by atoms with Crippen LogP contribution in [-0.4, -0.2) is 28.3 Å². The first kappa shape index (κ1) is 10.0. The number of hydrogen-bond acceptors (Lipinski definition) is 1. The minimum atomic E-state index is 0.153. The lowest BCUT2D eigenvalue weighted by molar-refractivity contribution is -0.127. The zero-order valence-corrected chi connectivity index (χ0v) is 9.45. The Hall–Kier alpha value is -0.0600. The van der Waals surface area contributed by atoms with Gasteiger partial charge in [-0.2, -0.15) is 0 Å². The molecule has 0 saturated carbocycles. The summed E-state index contributed by atoms with van der Waals surface area (Å²) in [6.07, 6.45) is 7.02. The molecule has 3 heteroatoms. The molecular formula is C9H14INO. The Morgan fingerprint density at radius 3 is 3.17 bits per heavy atom. The normalized spacial score (nSPS) is 23.3. The number of hydrogen-bond donors (Lipinski definition) is 0. The lowest BCUT2D eigenvalue weighted by Gasteiger charge is -2.29. The van der Waals surface area contributed by atoms with E-state index in [1.165, 1.54) is 10.8 Å². The number of rotatable bonds is 3. The molecule has 0 aromatic heterocycles. The highest BCUT2D eigenvalue weighted by molar-refractivity contribution is 14.1. The van der Waals surface area contributed by atoms with Gasteiger partial charge >= 0.3 is 0 Å². The second-order valence-electron chi connectivity index (χ2n) is 3.07. The molecule has 1 amide bonds. The van der Waals surface area contributed by atoms with E-state index in [1.54, 1.807) is 6.08 Å². The van der Waals surface area contributed by atoms with E-state index in [-0.39, 0.29) is 5.91 Å². The van der Waals surface area contributed by atoms with Crippen LogP contribution in [0.2, 0.25) is 0 Å². The van der Waals surface area contributed by atoms with Crippen LogP contribution in [0.4, 0.5) is 0 Å². The number of halogens is 1. The highest BCUT2D eigenvalue weighted by Crippen LogP contribution is 2.15. The van der Waals surface area contributed by atoms with Gasteiger partial charge in [-0.1, -0.05) is 28.7 Å². The second-order valence-corrected chi connectivity index (χ2v) is 4.15. The molecule has 0 N–H and O–H groups in total. The number of likely N-dealkylation sites (N-methyl/N-ethyl adjacent to an activating group) is 1. The maximum Gasteiger partial charge on any atom is 0.246 e. The minimum absolute atomic E-state index is 0.153. The van der Waals surface area contributed by atoms with Gasteiger partial charge in [0.1, 0.15) is 0 Å². The number of carbonyl (C=O) groups excluding carboxylic acids is 1. The van der Waals surface area contributed by atoms with E-state index in [1.807, 2.05) is 18.0 Å². The molecule has 1 rings (SSSR count). The Bertz CT molecular complexity index is 191. The van der Waals surface area contributed by atoms with E-state index in [0.717, 1.165) is 12.8 Å². The van der Waals surface area contributed by atoms with Gasteiger partial charge in [0.25, 0.3) is 0 Å². The standard InChI is InChI=1S/C9H14INO/c1-11-8(5-3-7-10)4-2-6-9(11)12/h2,6,8H,3-5,7H2,1H3. The van der Waals surface area contributed by atoms with Crippen LogP contribution >= 0.6 is 22.6 Å². The molecule has 0 aromatic carbocycles. The highest BCUT2D eigenvalue weighted by Gasteiger charge is 2.19. The fourth-order valence-corrected chi connectivity index (χ4v) is 1.85. The third kappa shape index (κ3) is 2.47. The van der Waals surface area contributed by atoms with Gasteiger partial charge in [-0.25, -0.2) is 0 Å². The third-order valence-corrected chi connectivity index (χ3v) is 3.00. The summed E-state index contributed by atoms with van der Waals surface area (Å²) in [5.74, 6) is 0.153. The molecule has 0 fully saturated rings. The Kier molecular flexibility index (Phi) is 4.05. The van der Waals surface area contributed by atoms with Crippen molar-refractivity contribution in [3.8, 4) is 0 Å². The summed E-state index contributed by atoms with van der Waals surface area (Å²) in [5.41, 5.74) is 0. The molecule has 68 valence electrons. The third-order valence-electron chi connectivity index (χ3n) is 2.23. The molecule has 1 atom stereocenters. The molecule has 2 nitrogen and oxygen atoms in total. The lowest BCUT2D eigenvalue weighted by atomic mass is 10.0. The summed E-state index contributed by atoms with van der Waals surface area (Å²) in [4.78, 5) is 13.1. The van der Waals surface area contributed by atoms with E-state index in [0.29, 0.717) is 6.04 Å². The van der Waals surface area contributed by atoms with Crippen LogP contribution in [0.5, 0.6) is 0 Å².